The van der Waals surface area contributed by atoms with Gasteiger partial charge in [-0.25, -0.2) is 4.98 Å². The molecule has 0 spiro atoms. The standard InChI is InChI=1S/C26H24Cl2N2O3S/c1-3-32-21-11-15(6-9-20(21)33-13-16-5-7-17(27)12-19(16)28)24-29-25(31)23-18-8-4-14(2)10-22(18)34-26(23)30-24/h5-7,9,11-12,14H,3-4,8,10,13H2,1-2H3,(H,29,30,31)/t14-/m0/s1. The molecule has 4 aromatic rings. The molecule has 0 unspecified atom stereocenters. The lowest BCUT2D eigenvalue weighted by molar-refractivity contribution is 0.269. The molecule has 5 rings (SSSR count). The second-order valence-electron chi connectivity index (χ2n) is 8.57. The van der Waals surface area contributed by atoms with Crippen LogP contribution in [0.4, 0.5) is 0 Å². The number of H-pyrrole nitrogens is 1. The summed E-state index contributed by atoms with van der Waals surface area (Å²) >= 11 is 13.9. The minimum atomic E-state index is -0.0808. The van der Waals surface area contributed by atoms with E-state index in [1.165, 1.54) is 10.4 Å². The second-order valence-corrected chi connectivity index (χ2v) is 10.5. The van der Waals surface area contributed by atoms with E-state index in [4.69, 9.17) is 37.7 Å². The normalized spacial score (nSPS) is 15.4. The zero-order valence-corrected chi connectivity index (χ0v) is 21.2. The van der Waals surface area contributed by atoms with E-state index in [0.717, 1.165) is 40.6 Å². The molecule has 2 aromatic heterocycles. The first-order chi connectivity index (χ1) is 16.4. The lowest BCUT2D eigenvalue weighted by Crippen LogP contribution is -2.13. The van der Waals surface area contributed by atoms with Crippen LogP contribution in [0, 0.1) is 5.92 Å². The predicted molar refractivity (Wildman–Crippen MR) is 139 cm³/mol. The molecule has 0 saturated carbocycles. The van der Waals surface area contributed by atoms with Crippen LogP contribution >= 0.6 is 34.5 Å². The Kier molecular flexibility index (Phi) is 6.56. The molecule has 176 valence electrons. The van der Waals surface area contributed by atoms with Crippen LogP contribution in [0.5, 0.6) is 11.5 Å². The molecule has 5 nitrogen and oxygen atoms in total. The fraction of sp³-hybridized carbons (Fsp3) is 0.308. The van der Waals surface area contributed by atoms with E-state index in [0.29, 0.717) is 39.9 Å². The number of aromatic amines is 1. The van der Waals surface area contributed by atoms with Gasteiger partial charge in [0.25, 0.3) is 5.56 Å². The first-order valence-electron chi connectivity index (χ1n) is 11.3. The summed E-state index contributed by atoms with van der Waals surface area (Å²) in [5.74, 6) is 2.33. The first-order valence-corrected chi connectivity index (χ1v) is 12.9. The summed E-state index contributed by atoms with van der Waals surface area (Å²) in [6.07, 6.45) is 3.07. The summed E-state index contributed by atoms with van der Waals surface area (Å²) in [7, 11) is 0. The molecule has 0 saturated heterocycles. The molecule has 8 heteroatoms. The highest BCUT2D eigenvalue weighted by molar-refractivity contribution is 7.18. The van der Waals surface area contributed by atoms with Crippen molar-refractivity contribution >= 4 is 44.8 Å². The molecule has 0 fully saturated rings. The smallest absolute Gasteiger partial charge is 0.260 e. The monoisotopic (exact) mass is 514 g/mol. The van der Waals surface area contributed by atoms with E-state index in [2.05, 4.69) is 11.9 Å². The molecular weight excluding hydrogens is 491 g/mol. The van der Waals surface area contributed by atoms with Crippen molar-refractivity contribution in [3.63, 3.8) is 0 Å². The average Bonchev–Trinajstić information content (AvgIpc) is 3.17. The maximum atomic E-state index is 13.0. The van der Waals surface area contributed by atoms with Gasteiger partial charge >= 0.3 is 0 Å². The third-order valence-electron chi connectivity index (χ3n) is 6.08. The maximum absolute atomic E-state index is 13.0. The van der Waals surface area contributed by atoms with Gasteiger partial charge in [0.15, 0.2) is 11.5 Å². The van der Waals surface area contributed by atoms with Gasteiger partial charge in [-0.2, -0.15) is 0 Å². The van der Waals surface area contributed by atoms with E-state index in [-0.39, 0.29) is 12.2 Å². The van der Waals surface area contributed by atoms with Gasteiger partial charge < -0.3 is 14.5 Å². The highest BCUT2D eigenvalue weighted by atomic mass is 35.5. The number of benzene rings is 2. The van der Waals surface area contributed by atoms with Crippen molar-refractivity contribution in [2.45, 2.75) is 39.7 Å². The van der Waals surface area contributed by atoms with Crippen molar-refractivity contribution in [2.24, 2.45) is 5.92 Å². The van der Waals surface area contributed by atoms with Crippen LogP contribution in [-0.2, 0) is 19.4 Å². The Bertz CT molecular complexity index is 1430. The van der Waals surface area contributed by atoms with E-state index < -0.39 is 0 Å². The number of thiophene rings is 1. The zero-order chi connectivity index (χ0) is 23.8. The summed E-state index contributed by atoms with van der Waals surface area (Å²) < 4.78 is 11.8. The van der Waals surface area contributed by atoms with Crippen molar-refractivity contribution in [3.8, 4) is 22.9 Å². The number of nitrogens with one attached hydrogen (secondary N) is 1. The number of fused-ring (bicyclic) bond motifs is 3. The molecule has 1 aliphatic rings. The number of aromatic nitrogens is 2. The second kappa shape index (κ2) is 9.61. The van der Waals surface area contributed by atoms with Crippen molar-refractivity contribution < 1.29 is 9.47 Å². The van der Waals surface area contributed by atoms with E-state index >= 15 is 0 Å². The SMILES string of the molecule is CCOc1cc(-c2nc3sc4c(c3c(=O)[nH]2)CC[C@H](C)C4)ccc1OCc1ccc(Cl)cc1Cl. The number of aryl methyl sites for hydroxylation is 1. The van der Waals surface area contributed by atoms with E-state index in [1.807, 2.05) is 31.2 Å². The van der Waals surface area contributed by atoms with Crippen LogP contribution in [0.25, 0.3) is 21.6 Å². The lowest BCUT2D eigenvalue weighted by Gasteiger charge is -2.17. The molecule has 0 bridgehead atoms. The van der Waals surface area contributed by atoms with Gasteiger partial charge in [0.2, 0.25) is 0 Å². The van der Waals surface area contributed by atoms with Crippen LogP contribution in [0.2, 0.25) is 10.0 Å². The van der Waals surface area contributed by atoms with Crippen LogP contribution in [-0.4, -0.2) is 16.6 Å². The number of hydrogen-bond acceptors (Lipinski definition) is 5. The minimum Gasteiger partial charge on any atom is -0.490 e. The summed E-state index contributed by atoms with van der Waals surface area (Å²) in [6, 6.07) is 10.9. The Balaban J connectivity index is 1.47. The zero-order valence-electron chi connectivity index (χ0n) is 18.9. The molecule has 0 amide bonds. The molecule has 0 aliphatic heterocycles. The first kappa shape index (κ1) is 23.2. The van der Waals surface area contributed by atoms with Crippen molar-refractivity contribution in [3.05, 3.63) is 72.8 Å². The van der Waals surface area contributed by atoms with Crippen LogP contribution in [0.3, 0.4) is 0 Å². The predicted octanol–water partition coefficient (Wildman–Crippen LogP) is 7.06. The molecule has 1 N–H and O–H groups in total. The Hall–Kier alpha value is -2.54. The van der Waals surface area contributed by atoms with Gasteiger partial charge in [-0.15, -0.1) is 11.3 Å². The van der Waals surface area contributed by atoms with Crippen LogP contribution in [0.15, 0.2) is 41.2 Å². The Labute approximate surface area is 211 Å². The number of nitrogens with zero attached hydrogens (tertiary/aromatic N) is 1. The third kappa shape index (κ3) is 4.54. The van der Waals surface area contributed by atoms with Crippen molar-refractivity contribution in [2.75, 3.05) is 6.61 Å². The Morgan fingerprint density at radius 3 is 2.79 bits per heavy atom. The summed E-state index contributed by atoms with van der Waals surface area (Å²) in [5, 5.41) is 1.87. The molecule has 2 aromatic carbocycles. The summed E-state index contributed by atoms with van der Waals surface area (Å²) in [6.45, 7) is 4.92. The molecule has 2 heterocycles. The van der Waals surface area contributed by atoms with Crippen LogP contribution in [0.1, 0.15) is 36.3 Å². The van der Waals surface area contributed by atoms with E-state index in [9.17, 15) is 4.79 Å². The highest BCUT2D eigenvalue weighted by Gasteiger charge is 2.23. The quantitative estimate of drug-likeness (QED) is 0.299. The number of rotatable bonds is 6. The summed E-state index contributed by atoms with van der Waals surface area (Å²) in [5.41, 5.74) is 2.69. The molecular formula is C26H24Cl2N2O3S. The van der Waals surface area contributed by atoms with Gasteiger partial charge in [-0.3, -0.25) is 4.79 Å². The minimum absolute atomic E-state index is 0.0808. The van der Waals surface area contributed by atoms with Crippen LogP contribution < -0.4 is 15.0 Å². The average molecular weight is 515 g/mol. The number of ether oxygens (including phenoxy) is 2. The fourth-order valence-electron chi connectivity index (χ4n) is 4.32. The Morgan fingerprint density at radius 1 is 1.15 bits per heavy atom. The van der Waals surface area contributed by atoms with Crippen molar-refractivity contribution in [1.82, 2.24) is 9.97 Å². The van der Waals surface area contributed by atoms with Gasteiger partial charge in [-0.1, -0.05) is 36.2 Å². The largest absolute Gasteiger partial charge is 0.490 e. The highest BCUT2D eigenvalue weighted by Crippen LogP contribution is 2.37. The topological polar surface area (TPSA) is 64.2 Å². The van der Waals surface area contributed by atoms with Gasteiger partial charge in [0.1, 0.15) is 17.3 Å². The van der Waals surface area contributed by atoms with Gasteiger partial charge in [0, 0.05) is 26.0 Å². The third-order valence-corrected chi connectivity index (χ3v) is 7.82. The van der Waals surface area contributed by atoms with Crippen molar-refractivity contribution in [1.29, 1.82) is 0 Å². The van der Waals surface area contributed by atoms with Gasteiger partial charge in [-0.05, 0) is 68.0 Å². The lowest BCUT2D eigenvalue weighted by atomic mass is 9.89. The molecule has 1 atom stereocenters. The van der Waals surface area contributed by atoms with Gasteiger partial charge in [0.05, 0.1) is 12.0 Å². The maximum Gasteiger partial charge on any atom is 0.260 e. The summed E-state index contributed by atoms with van der Waals surface area (Å²) in [4.78, 5) is 22.9. The molecule has 34 heavy (non-hydrogen) atoms. The number of hydrogen-bond donors (Lipinski definition) is 1. The van der Waals surface area contributed by atoms with E-state index in [1.54, 1.807) is 23.5 Å². The number of halogens is 2. The fourth-order valence-corrected chi connectivity index (χ4v) is 6.17. The Morgan fingerprint density at radius 2 is 2.00 bits per heavy atom. The molecule has 0 radical (unpaired) electrons. The molecule has 1 aliphatic carbocycles.